The molecule has 0 aromatic carbocycles. The van der Waals surface area contributed by atoms with E-state index in [0.717, 1.165) is 25.7 Å². The maximum absolute atomic E-state index is 10.9. The fourth-order valence-corrected chi connectivity index (χ4v) is 3.79. The summed E-state index contributed by atoms with van der Waals surface area (Å²) >= 11 is 0. The van der Waals surface area contributed by atoms with Crippen molar-refractivity contribution < 1.29 is 5.11 Å². The largest absolute Gasteiger partial charge is 0.389 e. The zero-order chi connectivity index (χ0) is 11.9. The summed E-state index contributed by atoms with van der Waals surface area (Å²) in [6.07, 6.45) is 12.5. The van der Waals surface area contributed by atoms with Crippen LogP contribution in [0.2, 0.25) is 0 Å². The summed E-state index contributed by atoms with van der Waals surface area (Å²) in [4.78, 5) is 0. The average molecular weight is 222 g/mol. The molecule has 1 N–H and O–H groups in total. The normalized spacial score (nSPS) is 37.2. The molecular weight excluding hydrogens is 196 g/mol. The first-order chi connectivity index (χ1) is 7.37. The molecule has 1 heteroatoms. The van der Waals surface area contributed by atoms with Crippen molar-refractivity contribution in [3.05, 3.63) is 12.2 Å². The van der Waals surface area contributed by atoms with E-state index >= 15 is 0 Å². The SMILES string of the molecule is CC1(C)CC=C[C@](C)(C2(O)CCCCC2)C1. The molecule has 92 valence electrons. The second-order valence-electron chi connectivity index (χ2n) is 6.96. The van der Waals surface area contributed by atoms with E-state index in [2.05, 4.69) is 32.9 Å². The van der Waals surface area contributed by atoms with Crippen molar-refractivity contribution >= 4 is 0 Å². The van der Waals surface area contributed by atoms with Crippen molar-refractivity contribution in [3.8, 4) is 0 Å². The highest BCUT2D eigenvalue weighted by molar-refractivity contribution is 5.14. The molecule has 0 amide bonds. The van der Waals surface area contributed by atoms with E-state index in [1.807, 2.05) is 0 Å². The smallest absolute Gasteiger partial charge is 0.0735 e. The predicted molar refractivity (Wildman–Crippen MR) is 68.3 cm³/mol. The van der Waals surface area contributed by atoms with Gasteiger partial charge in [-0.3, -0.25) is 0 Å². The van der Waals surface area contributed by atoms with Crippen LogP contribution >= 0.6 is 0 Å². The van der Waals surface area contributed by atoms with Crippen molar-refractivity contribution in [2.24, 2.45) is 10.8 Å². The minimum Gasteiger partial charge on any atom is -0.389 e. The molecule has 0 radical (unpaired) electrons. The van der Waals surface area contributed by atoms with Gasteiger partial charge in [0.05, 0.1) is 5.60 Å². The highest BCUT2D eigenvalue weighted by atomic mass is 16.3. The van der Waals surface area contributed by atoms with Crippen molar-refractivity contribution in [2.45, 2.75) is 71.3 Å². The van der Waals surface area contributed by atoms with Crippen molar-refractivity contribution in [1.29, 1.82) is 0 Å². The lowest BCUT2D eigenvalue weighted by Crippen LogP contribution is -2.49. The molecule has 2 aliphatic carbocycles. The Kier molecular flexibility index (Phi) is 2.94. The van der Waals surface area contributed by atoms with E-state index in [4.69, 9.17) is 0 Å². The first-order valence-electron chi connectivity index (χ1n) is 6.77. The first-order valence-corrected chi connectivity index (χ1v) is 6.77. The van der Waals surface area contributed by atoms with Crippen LogP contribution in [0.5, 0.6) is 0 Å². The van der Waals surface area contributed by atoms with Crippen molar-refractivity contribution in [2.75, 3.05) is 0 Å². The third-order valence-electron chi connectivity index (χ3n) is 4.75. The van der Waals surface area contributed by atoms with Gasteiger partial charge in [-0.25, -0.2) is 0 Å². The summed E-state index contributed by atoms with van der Waals surface area (Å²) in [6.45, 7) is 6.90. The Morgan fingerprint density at radius 2 is 1.62 bits per heavy atom. The summed E-state index contributed by atoms with van der Waals surface area (Å²) in [5.41, 5.74) is -0.106. The van der Waals surface area contributed by atoms with Gasteiger partial charge in [0.2, 0.25) is 0 Å². The number of rotatable bonds is 1. The molecule has 1 fully saturated rings. The van der Waals surface area contributed by atoms with Gasteiger partial charge in [-0.15, -0.1) is 0 Å². The van der Waals surface area contributed by atoms with Crippen LogP contribution in [0.25, 0.3) is 0 Å². The van der Waals surface area contributed by atoms with Crippen molar-refractivity contribution in [1.82, 2.24) is 0 Å². The molecule has 0 saturated heterocycles. The van der Waals surface area contributed by atoms with E-state index in [1.54, 1.807) is 0 Å². The average Bonchev–Trinajstić information content (AvgIpc) is 2.16. The molecule has 0 aliphatic heterocycles. The monoisotopic (exact) mass is 222 g/mol. The van der Waals surface area contributed by atoms with Crippen LogP contribution in [0, 0.1) is 10.8 Å². The zero-order valence-corrected chi connectivity index (χ0v) is 11.1. The molecule has 16 heavy (non-hydrogen) atoms. The Morgan fingerprint density at radius 1 is 1.00 bits per heavy atom. The van der Waals surface area contributed by atoms with Crippen LogP contribution in [-0.4, -0.2) is 10.7 Å². The lowest BCUT2D eigenvalue weighted by atomic mass is 9.57. The van der Waals surface area contributed by atoms with Crippen molar-refractivity contribution in [3.63, 3.8) is 0 Å². The highest BCUT2D eigenvalue weighted by Gasteiger charge is 2.48. The summed E-state index contributed by atoms with van der Waals surface area (Å²) < 4.78 is 0. The van der Waals surface area contributed by atoms with Gasteiger partial charge in [-0.05, 0) is 31.1 Å². The van der Waals surface area contributed by atoms with Gasteiger partial charge in [0, 0.05) is 5.41 Å². The van der Waals surface area contributed by atoms with Gasteiger partial charge in [0.1, 0.15) is 0 Å². The Morgan fingerprint density at radius 3 is 2.19 bits per heavy atom. The molecule has 0 aromatic heterocycles. The Labute approximate surface area is 99.9 Å². The van der Waals surface area contributed by atoms with Crippen LogP contribution in [0.3, 0.4) is 0 Å². The molecule has 1 saturated carbocycles. The maximum atomic E-state index is 10.9. The van der Waals surface area contributed by atoms with Crippen LogP contribution in [0.15, 0.2) is 12.2 Å². The lowest BCUT2D eigenvalue weighted by molar-refractivity contribution is -0.0969. The van der Waals surface area contributed by atoms with Gasteiger partial charge in [0.15, 0.2) is 0 Å². The molecule has 1 atom stereocenters. The van der Waals surface area contributed by atoms with Gasteiger partial charge in [-0.2, -0.15) is 0 Å². The molecule has 2 aliphatic rings. The van der Waals surface area contributed by atoms with E-state index < -0.39 is 5.60 Å². The van der Waals surface area contributed by atoms with Crippen LogP contribution in [0.1, 0.15) is 65.7 Å². The van der Waals surface area contributed by atoms with Crippen LogP contribution in [-0.2, 0) is 0 Å². The standard InChI is InChI=1S/C15H26O/c1-13(2)8-7-9-14(3,12-13)15(16)10-5-4-6-11-15/h7,9,16H,4-6,8,10-12H2,1-3H3/t14-/m0/s1. The molecule has 0 aromatic rings. The second kappa shape index (κ2) is 3.87. The van der Waals surface area contributed by atoms with Crippen LogP contribution < -0.4 is 0 Å². The summed E-state index contributed by atoms with van der Waals surface area (Å²) in [6, 6.07) is 0. The zero-order valence-electron chi connectivity index (χ0n) is 11.1. The predicted octanol–water partition coefficient (Wildman–Crippen LogP) is 4.06. The molecule has 0 unspecified atom stereocenters. The van der Waals surface area contributed by atoms with Crippen LogP contribution in [0.4, 0.5) is 0 Å². The number of hydrogen-bond donors (Lipinski definition) is 1. The Hall–Kier alpha value is -0.300. The molecule has 0 heterocycles. The van der Waals surface area contributed by atoms with Gasteiger partial charge < -0.3 is 5.11 Å². The quantitative estimate of drug-likeness (QED) is 0.663. The number of aliphatic hydroxyl groups is 1. The number of allylic oxidation sites excluding steroid dienone is 1. The summed E-state index contributed by atoms with van der Waals surface area (Å²) in [5.74, 6) is 0. The van der Waals surface area contributed by atoms with E-state index in [1.165, 1.54) is 19.3 Å². The third kappa shape index (κ3) is 2.07. The Balaban J connectivity index is 2.23. The molecule has 0 bridgehead atoms. The lowest BCUT2D eigenvalue weighted by Gasteiger charge is -2.51. The fraction of sp³-hybridized carbons (Fsp3) is 0.867. The fourth-order valence-electron chi connectivity index (χ4n) is 3.79. The molecule has 2 rings (SSSR count). The van der Waals surface area contributed by atoms with E-state index in [9.17, 15) is 5.11 Å². The van der Waals surface area contributed by atoms with E-state index in [-0.39, 0.29) is 5.41 Å². The first kappa shape index (κ1) is 12.2. The van der Waals surface area contributed by atoms with Gasteiger partial charge >= 0.3 is 0 Å². The summed E-state index contributed by atoms with van der Waals surface area (Å²) in [7, 11) is 0. The third-order valence-corrected chi connectivity index (χ3v) is 4.75. The minimum absolute atomic E-state index is 0.00479. The Bertz CT molecular complexity index is 284. The highest BCUT2D eigenvalue weighted by Crippen LogP contribution is 2.52. The minimum atomic E-state index is -0.445. The molecular formula is C15H26O. The topological polar surface area (TPSA) is 20.2 Å². The van der Waals surface area contributed by atoms with Gasteiger partial charge in [-0.1, -0.05) is 52.2 Å². The van der Waals surface area contributed by atoms with E-state index in [0.29, 0.717) is 5.41 Å². The maximum Gasteiger partial charge on any atom is 0.0735 e. The molecule has 0 spiro atoms. The number of hydrogen-bond acceptors (Lipinski definition) is 1. The van der Waals surface area contributed by atoms with Gasteiger partial charge in [0.25, 0.3) is 0 Å². The second-order valence-corrected chi connectivity index (χ2v) is 6.96. The summed E-state index contributed by atoms with van der Waals surface area (Å²) in [5, 5.41) is 10.9. The molecule has 1 nitrogen and oxygen atoms in total.